The van der Waals surface area contributed by atoms with Gasteiger partial charge < -0.3 is 14.7 Å². The molecule has 21 heavy (non-hydrogen) atoms. The molecule has 1 fully saturated rings. The highest BCUT2D eigenvalue weighted by atomic mass is 79.9. The summed E-state index contributed by atoms with van der Waals surface area (Å²) in [6, 6.07) is 1.62. The zero-order valence-corrected chi connectivity index (χ0v) is 14.1. The second-order valence-electron chi connectivity index (χ2n) is 5.47. The Labute approximate surface area is 132 Å². The van der Waals surface area contributed by atoms with Crippen molar-refractivity contribution in [1.82, 2.24) is 14.8 Å². The van der Waals surface area contributed by atoms with Crippen LogP contribution in [0.2, 0.25) is 0 Å². The molecule has 1 aromatic heterocycles. The third-order valence-electron chi connectivity index (χ3n) is 3.78. The molecule has 0 aliphatic carbocycles. The predicted molar refractivity (Wildman–Crippen MR) is 84.0 cm³/mol. The molecular weight excluding hydrogens is 339 g/mol. The first-order valence-electron chi connectivity index (χ1n) is 6.90. The molecule has 1 aromatic rings. The van der Waals surface area contributed by atoms with E-state index in [-0.39, 0.29) is 17.9 Å². The molecule has 7 heteroatoms. The number of carbonyl (C=O) groups is 1. The van der Waals surface area contributed by atoms with Crippen molar-refractivity contribution in [3.8, 4) is 0 Å². The molecule has 2 amide bonds. The van der Waals surface area contributed by atoms with Crippen LogP contribution in [0, 0.1) is 5.82 Å². The van der Waals surface area contributed by atoms with Crippen LogP contribution in [0.15, 0.2) is 16.7 Å². The summed E-state index contributed by atoms with van der Waals surface area (Å²) in [4.78, 5) is 21.4. The lowest BCUT2D eigenvalue weighted by molar-refractivity contribution is 0.155. The number of halogens is 2. The second kappa shape index (κ2) is 6.60. The number of rotatable bonds is 2. The van der Waals surface area contributed by atoms with Crippen LogP contribution < -0.4 is 4.90 Å². The van der Waals surface area contributed by atoms with Crippen molar-refractivity contribution in [3.63, 3.8) is 0 Å². The number of aromatic nitrogens is 1. The van der Waals surface area contributed by atoms with Crippen molar-refractivity contribution in [2.24, 2.45) is 0 Å². The number of anilines is 1. The van der Waals surface area contributed by atoms with Crippen LogP contribution in [0.5, 0.6) is 0 Å². The molecule has 2 heterocycles. The third-order valence-corrected chi connectivity index (χ3v) is 4.22. The minimum absolute atomic E-state index is 0.00129. The fourth-order valence-electron chi connectivity index (χ4n) is 2.58. The Hall–Kier alpha value is -1.37. The highest BCUT2D eigenvalue weighted by Gasteiger charge is 2.27. The Morgan fingerprint density at radius 3 is 2.52 bits per heavy atom. The molecular formula is C14H20BrFN4O. The predicted octanol–water partition coefficient (Wildman–Crippen LogP) is 2.57. The number of pyridine rings is 1. The van der Waals surface area contributed by atoms with E-state index in [1.54, 1.807) is 30.1 Å². The van der Waals surface area contributed by atoms with E-state index in [0.717, 1.165) is 12.8 Å². The molecule has 116 valence electrons. The first kappa shape index (κ1) is 16.0. The van der Waals surface area contributed by atoms with Gasteiger partial charge in [0.15, 0.2) is 11.6 Å². The van der Waals surface area contributed by atoms with E-state index < -0.39 is 0 Å². The lowest BCUT2D eigenvalue weighted by atomic mass is 10.0. The second-order valence-corrected chi connectivity index (χ2v) is 6.38. The highest BCUT2D eigenvalue weighted by molar-refractivity contribution is 9.10. The zero-order valence-electron chi connectivity index (χ0n) is 12.5. The molecule has 1 aliphatic heterocycles. The van der Waals surface area contributed by atoms with Gasteiger partial charge in [0.1, 0.15) is 0 Å². The fourth-order valence-corrected chi connectivity index (χ4v) is 2.88. The van der Waals surface area contributed by atoms with Crippen molar-refractivity contribution >= 4 is 27.8 Å². The molecule has 2 rings (SSSR count). The number of hydrogen-bond acceptors (Lipinski definition) is 3. The van der Waals surface area contributed by atoms with Crippen molar-refractivity contribution in [2.45, 2.75) is 18.9 Å². The third kappa shape index (κ3) is 3.64. The Morgan fingerprint density at radius 1 is 1.38 bits per heavy atom. The molecule has 0 aromatic carbocycles. The first-order valence-corrected chi connectivity index (χ1v) is 7.69. The molecule has 0 atom stereocenters. The largest absolute Gasteiger partial charge is 0.354 e. The van der Waals surface area contributed by atoms with Crippen molar-refractivity contribution in [2.75, 3.05) is 39.1 Å². The molecule has 0 N–H and O–H groups in total. The Kier molecular flexibility index (Phi) is 5.03. The van der Waals surface area contributed by atoms with Gasteiger partial charge in [-0.25, -0.2) is 14.2 Å². The van der Waals surface area contributed by atoms with Crippen molar-refractivity contribution < 1.29 is 9.18 Å². The summed E-state index contributed by atoms with van der Waals surface area (Å²) in [7, 11) is 5.31. The van der Waals surface area contributed by atoms with Crippen LogP contribution in [0.3, 0.4) is 0 Å². The minimum atomic E-state index is -0.319. The van der Waals surface area contributed by atoms with Crippen LogP contribution >= 0.6 is 15.9 Å². The van der Waals surface area contributed by atoms with Gasteiger partial charge in [0.25, 0.3) is 0 Å². The molecule has 5 nitrogen and oxygen atoms in total. The van der Waals surface area contributed by atoms with Crippen LogP contribution in [0.25, 0.3) is 0 Å². The summed E-state index contributed by atoms with van der Waals surface area (Å²) in [5.74, 6) is 0.0683. The van der Waals surface area contributed by atoms with Gasteiger partial charge in [-0.3, -0.25) is 0 Å². The molecule has 0 bridgehead atoms. The van der Waals surface area contributed by atoms with Crippen molar-refractivity contribution in [3.05, 3.63) is 22.6 Å². The number of hydrogen-bond donors (Lipinski definition) is 0. The Balaban J connectivity index is 1.98. The number of nitrogens with zero attached hydrogens (tertiary/aromatic N) is 4. The van der Waals surface area contributed by atoms with Gasteiger partial charge in [0.2, 0.25) is 0 Å². The maximum absolute atomic E-state index is 13.9. The first-order chi connectivity index (χ1) is 9.90. The number of urea groups is 1. The van der Waals surface area contributed by atoms with E-state index in [0.29, 0.717) is 23.4 Å². The van der Waals surface area contributed by atoms with Crippen LogP contribution in [0.4, 0.5) is 15.0 Å². The SMILES string of the molecule is CN(C)C(=O)N(C)C1CCN(c2ncc(Br)cc2F)CC1. The standard InChI is InChI=1S/C14H20BrFN4O/c1-18(2)14(21)19(3)11-4-6-20(7-5-11)13-12(16)8-10(15)9-17-13/h8-9,11H,4-7H2,1-3H3. The van der Waals surface area contributed by atoms with E-state index in [1.165, 1.54) is 6.07 Å². The van der Waals surface area contributed by atoms with E-state index in [9.17, 15) is 9.18 Å². The van der Waals surface area contributed by atoms with Gasteiger partial charge in [-0.15, -0.1) is 0 Å². The van der Waals surface area contributed by atoms with E-state index in [2.05, 4.69) is 20.9 Å². The topological polar surface area (TPSA) is 39.7 Å². The summed E-state index contributed by atoms with van der Waals surface area (Å²) in [6.45, 7) is 1.39. The van der Waals surface area contributed by atoms with Gasteiger partial charge in [-0.05, 0) is 34.8 Å². The Bertz CT molecular complexity index is 518. The van der Waals surface area contributed by atoms with Crippen molar-refractivity contribution in [1.29, 1.82) is 0 Å². The van der Waals surface area contributed by atoms with Gasteiger partial charge in [-0.2, -0.15) is 0 Å². The van der Waals surface area contributed by atoms with E-state index in [4.69, 9.17) is 0 Å². The monoisotopic (exact) mass is 358 g/mol. The normalized spacial score (nSPS) is 16.0. The molecule has 0 radical (unpaired) electrons. The number of carbonyl (C=O) groups excluding carboxylic acids is 1. The van der Waals surface area contributed by atoms with Crippen LogP contribution in [-0.2, 0) is 0 Å². The molecule has 0 spiro atoms. The minimum Gasteiger partial charge on any atom is -0.354 e. The lowest BCUT2D eigenvalue weighted by Crippen LogP contribution is -2.48. The van der Waals surface area contributed by atoms with Gasteiger partial charge in [0.05, 0.1) is 0 Å². The van der Waals surface area contributed by atoms with E-state index >= 15 is 0 Å². The van der Waals surface area contributed by atoms with Gasteiger partial charge in [0, 0.05) is 50.9 Å². The number of amides is 2. The molecule has 0 saturated carbocycles. The molecule has 1 aliphatic rings. The summed E-state index contributed by atoms with van der Waals surface area (Å²) in [5.41, 5.74) is 0. The highest BCUT2D eigenvalue weighted by Crippen LogP contribution is 2.24. The van der Waals surface area contributed by atoms with Gasteiger partial charge in [-0.1, -0.05) is 0 Å². The maximum atomic E-state index is 13.9. The average molecular weight is 359 g/mol. The molecule has 0 unspecified atom stereocenters. The zero-order chi connectivity index (χ0) is 15.6. The quantitative estimate of drug-likeness (QED) is 0.815. The smallest absolute Gasteiger partial charge is 0.319 e. The summed E-state index contributed by atoms with van der Waals surface area (Å²) < 4.78 is 14.6. The average Bonchev–Trinajstić information content (AvgIpc) is 2.46. The van der Waals surface area contributed by atoms with Crippen LogP contribution in [-0.4, -0.2) is 61.1 Å². The van der Waals surface area contributed by atoms with Gasteiger partial charge >= 0.3 is 6.03 Å². The maximum Gasteiger partial charge on any atom is 0.319 e. The summed E-state index contributed by atoms with van der Waals surface area (Å²) in [5, 5.41) is 0. The Morgan fingerprint density at radius 2 is 2.00 bits per heavy atom. The number of piperidine rings is 1. The summed E-state index contributed by atoms with van der Waals surface area (Å²) >= 11 is 3.21. The fraction of sp³-hybridized carbons (Fsp3) is 0.571. The molecule has 1 saturated heterocycles. The lowest BCUT2D eigenvalue weighted by Gasteiger charge is -2.38. The summed E-state index contributed by atoms with van der Waals surface area (Å²) in [6.07, 6.45) is 3.23. The van der Waals surface area contributed by atoms with E-state index in [1.807, 2.05) is 11.9 Å². The van der Waals surface area contributed by atoms with Crippen LogP contribution in [0.1, 0.15) is 12.8 Å².